The Balaban J connectivity index is 2.09. The van der Waals surface area contributed by atoms with Crippen LogP contribution in [0.5, 0.6) is 0 Å². The lowest BCUT2D eigenvalue weighted by Crippen LogP contribution is -2.05. The molecule has 0 aliphatic carbocycles. The maximum absolute atomic E-state index is 13.7. The molecule has 0 aliphatic rings. The number of nitrogens with one attached hydrogen (secondary N) is 1. The summed E-state index contributed by atoms with van der Waals surface area (Å²) >= 11 is 6.89. The summed E-state index contributed by atoms with van der Waals surface area (Å²) in [6.07, 6.45) is 0. The quantitative estimate of drug-likeness (QED) is 0.880. The molecule has 2 rings (SSSR count). The van der Waals surface area contributed by atoms with Gasteiger partial charge in [0.05, 0.1) is 24.9 Å². The van der Waals surface area contributed by atoms with Gasteiger partial charge in [-0.1, -0.05) is 16.1 Å². The van der Waals surface area contributed by atoms with Gasteiger partial charge < -0.3 is 10.1 Å². The van der Waals surface area contributed by atoms with Gasteiger partial charge in [0.2, 0.25) is 0 Å². The van der Waals surface area contributed by atoms with Crippen LogP contribution in [0.15, 0.2) is 18.2 Å². The fourth-order valence-corrected chi connectivity index (χ4v) is 2.01. The molecule has 0 unspecified atom stereocenters. The van der Waals surface area contributed by atoms with E-state index in [2.05, 4.69) is 19.6 Å². The van der Waals surface area contributed by atoms with Crippen molar-refractivity contribution in [2.45, 2.75) is 6.54 Å². The molecule has 5 nitrogen and oxygen atoms in total. The highest BCUT2D eigenvalue weighted by Gasteiger charge is 2.11. The van der Waals surface area contributed by atoms with E-state index in [1.807, 2.05) is 0 Å². The Morgan fingerprint density at radius 3 is 2.95 bits per heavy atom. The number of halogens is 2. The van der Waals surface area contributed by atoms with Gasteiger partial charge in [0, 0.05) is 11.5 Å². The van der Waals surface area contributed by atoms with Crippen LogP contribution in [0.3, 0.4) is 0 Å². The molecular formula is C11H9ClFN3O2S. The Bertz CT molecular complexity index is 605. The fraction of sp³-hybridized carbons (Fsp3) is 0.182. The Hall–Kier alpha value is -1.73. The highest BCUT2D eigenvalue weighted by atomic mass is 35.5. The van der Waals surface area contributed by atoms with E-state index in [-0.39, 0.29) is 17.8 Å². The first-order chi connectivity index (χ1) is 9.11. The van der Waals surface area contributed by atoms with Crippen molar-refractivity contribution in [1.29, 1.82) is 0 Å². The lowest BCUT2D eigenvalue weighted by molar-refractivity contribution is 0.0600. The molecule has 2 aromatic rings. The van der Waals surface area contributed by atoms with E-state index in [9.17, 15) is 9.18 Å². The number of esters is 1. The van der Waals surface area contributed by atoms with Gasteiger partial charge in [-0.2, -0.15) is 0 Å². The zero-order valence-corrected chi connectivity index (χ0v) is 11.4. The number of benzene rings is 1. The number of rotatable bonds is 4. The number of hydrogen-bond donors (Lipinski definition) is 1. The van der Waals surface area contributed by atoms with Crippen molar-refractivity contribution >= 4 is 34.8 Å². The monoisotopic (exact) mass is 301 g/mol. The lowest BCUT2D eigenvalue weighted by atomic mass is 10.2. The minimum Gasteiger partial charge on any atom is -0.465 e. The number of carbonyl (C=O) groups excluding carboxylic acids is 1. The molecule has 0 amide bonds. The van der Waals surface area contributed by atoms with Crippen molar-refractivity contribution in [3.63, 3.8) is 0 Å². The van der Waals surface area contributed by atoms with Crippen LogP contribution in [0.25, 0.3) is 0 Å². The Morgan fingerprint density at radius 2 is 2.37 bits per heavy atom. The molecular weight excluding hydrogens is 293 g/mol. The van der Waals surface area contributed by atoms with Crippen LogP contribution in [0.2, 0.25) is 4.34 Å². The molecule has 0 spiro atoms. The van der Waals surface area contributed by atoms with Crippen molar-refractivity contribution in [2.75, 3.05) is 12.4 Å². The number of carbonyl (C=O) groups is 1. The van der Waals surface area contributed by atoms with E-state index in [1.165, 1.54) is 19.2 Å². The zero-order valence-electron chi connectivity index (χ0n) is 9.81. The SMILES string of the molecule is COC(=O)c1ccc(NCc2nnsc2Cl)c(F)c1. The molecule has 0 radical (unpaired) electrons. The van der Waals surface area contributed by atoms with E-state index < -0.39 is 11.8 Å². The predicted molar refractivity (Wildman–Crippen MR) is 70.0 cm³/mol. The third-order valence-corrected chi connectivity index (χ3v) is 3.33. The zero-order chi connectivity index (χ0) is 13.8. The second-order valence-electron chi connectivity index (χ2n) is 3.53. The smallest absolute Gasteiger partial charge is 0.337 e. The number of nitrogens with zero attached hydrogens (tertiary/aromatic N) is 2. The normalized spacial score (nSPS) is 10.3. The Labute approximate surface area is 117 Å². The molecule has 0 aliphatic heterocycles. The summed E-state index contributed by atoms with van der Waals surface area (Å²) in [6, 6.07) is 4.03. The third kappa shape index (κ3) is 3.18. The Kier molecular flexibility index (Phi) is 4.28. The lowest BCUT2D eigenvalue weighted by Gasteiger charge is -2.07. The minimum absolute atomic E-state index is 0.152. The van der Waals surface area contributed by atoms with Crippen LogP contribution < -0.4 is 5.32 Å². The first-order valence-electron chi connectivity index (χ1n) is 5.20. The molecule has 1 aromatic carbocycles. The second-order valence-corrected chi connectivity index (χ2v) is 4.89. The molecule has 8 heteroatoms. The van der Waals surface area contributed by atoms with Crippen molar-refractivity contribution in [3.8, 4) is 0 Å². The highest BCUT2D eigenvalue weighted by Crippen LogP contribution is 2.20. The van der Waals surface area contributed by atoms with Crippen LogP contribution in [0.4, 0.5) is 10.1 Å². The van der Waals surface area contributed by atoms with Gasteiger partial charge in [-0.15, -0.1) is 5.10 Å². The number of hydrogen-bond acceptors (Lipinski definition) is 6. The van der Waals surface area contributed by atoms with Gasteiger partial charge in [0.15, 0.2) is 0 Å². The highest BCUT2D eigenvalue weighted by molar-refractivity contribution is 7.10. The predicted octanol–water partition coefficient (Wildman–Crippen LogP) is 2.73. The average molecular weight is 302 g/mol. The summed E-state index contributed by atoms with van der Waals surface area (Å²) in [5.74, 6) is -1.14. The molecule has 0 saturated carbocycles. The molecule has 0 bridgehead atoms. The number of methoxy groups -OCH3 is 1. The molecule has 0 fully saturated rings. The minimum atomic E-state index is -0.586. The molecule has 1 N–H and O–H groups in total. The van der Waals surface area contributed by atoms with Gasteiger partial charge in [0.1, 0.15) is 15.8 Å². The standard InChI is InChI=1S/C11H9ClFN3O2S/c1-18-11(17)6-2-3-8(7(13)4-6)14-5-9-10(12)19-16-15-9/h2-4,14H,5H2,1H3. The van der Waals surface area contributed by atoms with Gasteiger partial charge in [-0.25, -0.2) is 9.18 Å². The summed E-state index contributed by atoms with van der Waals surface area (Å²) < 4.78 is 22.4. The van der Waals surface area contributed by atoms with Crippen LogP contribution in [0.1, 0.15) is 16.1 Å². The van der Waals surface area contributed by atoms with E-state index in [0.29, 0.717) is 10.0 Å². The average Bonchev–Trinajstić information content (AvgIpc) is 2.82. The van der Waals surface area contributed by atoms with Crippen molar-refractivity contribution < 1.29 is 13.9 Å². The molecule has 0 atom stereocenters. The summed E-state index contributed by atoms with van der Waals surface area (Å²) in [5.41, 5.74) is 0.943. The maximum Gasteiger partial charge on any atom is 0.337 e. The second kappa shape index (κ2) is 5.94. The van der Waals surface area contributed by atoms with Crippen molar-refractivity contribution in [2.24, 2.45) is 0 Å². The Morgan fingerprint density at radius 1 is 1.58 bits per heavy atom. The maximum atomic E-state index is 13.7. The van der Waals surface area contributed by atoms with E-state index in [1.54, 1.807) is 0 Å². The topological polar surface area (TPSA) is 64.1 Å². The van der Waals surface area contributed by atoms with Gasteiger partial charge >= 0.3 is 5.97 Å². The largest absolute Gasteiger partial charge is 0.465 e. The van der Waals surface area contributed by atoms with Gasteiger partial charge in [-0.3, -0.25) is 0 Å². The van der Waals surface area contributed by atoms with Crippen LogP contribution in [0, 0.1) is 5.82 Å². The van der Waals surface area contributed by atoms with Gasteiger partial charge in [0.25, 0.3) is 0 Å². The summed E-state index contributed by atoms with van der Waals surface area (Å²) in [7, 11) is 1.24. The first-order valence-corrected chi connectivity index (χ1v) is 6.35. The van der Waals surface area contributed by atoms with E-state index in [0.717, 1.165) is 17.6 Å². The first kappa shape index (κ1) is 13.7. The summed E-state index contributed by atoms with van der Waals surface area (Å²) in [6.45, 7) is 0.254. The number of aromatic nitrogens is 2. The van der Waals surface area contributed by atoms with Crippen molar-refractivity contribution in [3.05, 3.63) is 39.6 Å². The van der Waals surface area contributed by atoms with Crippen LogP contribution in [-0.2, 0) is 11.3 Å². The third-order valence-electron chi connectivity index (χ3n) is 2.35. The number of ether oxygens (including phenoxy) is 1. The summed E-state index contributed by atoms with van der Waals surface area (Å²) in [4.78, 5) is 11.2. The van der Waals surface area contributed by atoms with Crippen LogP contribution in [-0.4, -0.2) is 22.7 Å². The van der Waals surface area contributed by atoms with E-state index in [4.69, 9.17) is 11.6 Å². The molecule has 100 valence electrons. The molecule has 0 saturated heterocycles. The molecule has 1 heterocycles. The number of anilines is 1. The fourth-order valence-electron chi connectivity index (χ4n) is 1.38. The van der Waals surface area contributed by atoms with Crippen LogP contribution >= 0.6 is 23.1 Å². The summed E-state index contributed by atoms with van der Waals surface area (Å²) in [5, 5.41) is 6.63. The molecule has 1 aromatic heterocycles. The van der Waals surface area contributed by atoms with E-state index >= 15 is 0 Å². The molecule has 19 heavy (non-hydrogen) atoms. The van der Waals surface area contributed by atoms with Crippen molar-refractivity contribution in [1.82, 2.24) is 9.59 Å². The van der Waals surface area contributed by atoms with Gasteiger partial charge in [-0.05, 0) is 18.2 Å².